The van der Waals surface area contributed by atoms with Crippen LogP contribution in [0.15, 0.2) is 23.1 Å². The first-order chi connectivity index (χ1) is 8.88. The van der Waals surface area contributed by atoms with Gasteiger partial charge in [0.2, 0.25) is 0 Å². The minimum atomic E-state index is -3.87. The molecule has 0 aliphatic heterocycles. The van der Waals surface area contributed by atoms with Crippen LogP contribution in [0.3, 0.4) is 0 Å². The first-order valence-electron chi connectivity index (χ1n) is 5.93. The molecule has 104 valence electrons. The van der Waals surface area contributed by atoms with E-state index in [-0.39, 0.29) is 27.4 Å². The zero-order valence-electron chi connectivity index (χ0n) is 10.0. The van der Waals surface area contributed by atoms with Gasteiger partial charge in [-0.25, -0.2) is 8.42 Å². The van der Waals surface area contributed by atoms with Crippen molar-refractivity contribution in [3.8, 4) is 0 Å². The molecule has 1 fully saturated rings. The Morgan fingerprint density at radius 2 is 1.89 bits per heavy atom. The molecule has 0 radical (unpaired) electrons. The van der Waals surface area contributed by atoms with Crippen LogP contribution in [-0.2, 0) is 9.05 Å². The highest BCUT2D eigenvalue weighted by atomic mass is 35.7. The fourth-order valence-corrected chi connectivity index (χ4v) is 3.14. The molecule has 7 heteroatoms. The lowest BCUT2D eigenvalue weighted by molar-refractivity contribution is 0.0938. The van der Waals surface area contributed by atoms with Gasteiger partial charge in [-0.1, -0.05) is 24.4 Å². The van der Waals surface area contributed by atoms with Gasteiger partial charge in [0.1, 0.15) is 0 Å². The number of amides is 1. The number of hydrogen-bond acceptors (Lipinski definition) is 3. The first-order valence-corrected chi connectivity index (χ1v) is 8.62. The molecule has 0 bridgehead atoms. The topological polar surface area (TPSA) is 63.2 Å². The molecular weight excluding hydrogens is 309 g/mol. The average molecular weight is 322 g/mol. The quantitative estimate of drug-likeness (QED) is 0.870. The maximum absolute atomic E-state index is 12.1. The second-order valence-corrected chi connectivity index (χ2v) is 7.51. The fourth-order valence-electron chi connectivity index (χ4n) is 2.16. The molecule has 1 N–H and O–H groups in total. The van der Waals surface area contributed by atoms with E-state index in [1.807, 2.05) is 0 Å². The molecule has 1 aromatic rings. The van der Waals surface area contributed by atoms with Gasteiger partial charge in [-0.2, -0.15) is 0 Å². The summed E-state index contributed by atoms with van der Waals surface area (Å²) in [7, 11) is 1.39. The Hall–Kier alpha value is -0.780. The highest BCUT2D eigenvalue weighted by Crippen LogP contribution is 2.24. The van der Waals surface area contributed by atoms with Crippen molar-refractivity contribution in [2.75, 3.05) is 0 Å². The number of nitrogens with one attached hydrogen (secondary N) is 1. The summed E-state index contributed by atoms with van der Waals surface area (Å²) in [5, 5.41) is 3.06. The molecule has 0 saturated heterocycles. The Morgan fingerprint density at radius 3 is 2.47 bits per heavy atom. The van der Waals surface area contributed by atoms with Crippen molar-refractivity contribution in [2.45, 2.75) is 36.6 Å². The monoisotopic (exact) mass is 321 g/mol. The fraction of sp³-hybridized carbons (Fsp3) is 0.417. The summed E-state index contributed by atoms with van der Waals surface area (Å²) in [5.41, 5.74) is 0.135. The molecule has 1 aromatic carbocycles. The van der Waals surface area contributed by atoms with Crippen molar-refractivity contribution in [1.29, 1.82) is 0 Å². The molecule has 4 nitrogen and oxygen atoms in total. The van der Waals surface area contributed by atoms with Gasteiger partial charge in [-0.05, 0) is 31.0 Å². The summed E-state index contributed by atoms with van der Waals surface area (Å²) in [4.78, 5) is 11.9. The third kappa shape index (κ3) is 3.61. The predicted octanol–water partition coefficient (Wildman–Crippen LogP) is 2.94. The van der Waals surface area contributed by atoms with E-state index in [0.29, 0.717) is 0 Å². The van der Waals surface area contributed by atoms with Gasteiger partial charge < -0.3 is 5.32 Å². The molecule has 0 aromatic heterocycles. The zero-order chi connectivity index (χ0) is 14.0. The van der Waals surface area contributed by atoms with Crippen molar-refractivity contribution >= 4 is 37.2 Å². The van der Waals surface area contributed by atoms with Gasteiger partial charge >= 0.3 is 0 Å². The smallest absolute Gasteiger partial charge is 0.261 e. The van der Waals surface area contributed by atoms with Gasteiger partial charge in [0.15, 0.2) is 0 Å². The van der Waals surface area contributed by atoms with E-state index >= 15 is 0 Å². The lowest BCUT2D eigenvalue weighted by atomic mass is 10.2. The highest BCUT2D eigenvalue weighted by Gasteiger charge is 2.21. The highest BCUT2D eigenvalue weighted by molar-refractivity contribution is 8.13. The Labute approximate surface area is 121 Å². The van der Waals surface area contributed by atoms with Gasteiger partial charge in [-0.3, -0.25) is 4.79 Å². The number of hydrogen-bond donors (Lipinski definition) is 1. The second kappa shape index (κ2) is 5.69. The van der Waals surface area contributed by atoms with E-state index in [2.05, 4.69) is 5.32 Å². The van der Waals surface area contributed by atoms with Crippen molar-refractivity contribution in [1.82, 2.24) is 5.32 Å². The Kier molecular flexibility index (Phi) is 4.38. The molecule has 1 amide bonds. The van der Waals surface area contributed by atoms with Crippen LogP contribution in [0.5, 0.6) is 0 Å². The lowest BCUT2D eigenvalue weighted by Crippen LogP contribution is -2.32. The molecule has 0 heterocycles. The number of carbonyl (C=O) groups excluding carboxylic acids is 1. The van der Waals surface area contributed by atoms with E-state index < -0.39 is 9.05 Å². The zero-order valence-corrected chi connectivity index (χ0v) is 12.4. The number of carbonyl (C=O) groups is 1. The summed E-state index contributed by atoms with van der Waals surface area (Å²) in [6, 6.07) is 3.98. The van der Waals surface area contributed by atoms with Crippen molar-refractivity contribution in [3.05, 3.63) is 28.8 Å². The standard InChI is InChI=1S/C12H13Cl2NO3S/c13-11-6-5-9(19(14,17)18)7-10(11)12(16)15-8-3-1-2-4-8/h5-8H,1-4H2,(H,15,16). The Balaban J connectivity index is 2.25. The molecule has 0 spiro atoms. The summed E-state index contributed by atoms with van der Waals surface area (Å²) in [6.07, 6.45) is 4.07. The summed E-state index contributed by atoms with van der Waals surface area (Å²) < 4.78 is 22.5. The van der Waals surface area contributed by atoms with Gasteiger partial charge in [0.25, 0.3) is 15.0 Å². The maximum atomic E-state index is 12.1. The minimum Gasteiger partial charge on any atom is -0.349 e. The predicted molar refractivity (Wildman–Crippen MR) is 74.2 cm³/mol. The molecule has 0 atom stereocenters. The first kappa shape index (κ1) is 14.6. The maximum Gasteiger partial charge on any atom is 0.261 e. The summed E-state index contributed by atoms with van der Waals surface area (Å²) in [5.74, 6) is -0.362. The van der Waals surface area contributed by atoms with Crippen LogP contribution in [0, 0.1) is 0 Å². The summed E-state index contributed by atoms with van der Waals surface area (Å²) in [6.45, 7) is 0. The molecule has 2 rings (SSSR count). The van der Waals surface area contributed by atoms with Crippen LogP contribution in [0.1, 0.15) is 36.0 Å². The van der Waals surface area contributed by atoms with Gasteiger partial charge in [-0.15, -0.1) is 0 Å². The third-order valence-corrected chi connectivity index (χ3v) is 4.84. The van der Waals surface area contributed by atoms with Crippen LogP contribution >= 0.6 is 22.3 Å². The van der Waals surface area contributed by atoms with E-state index in [0.717, 1.165) is 25.7 Å². The number of halogens is 2. The van der Waals surface area contributed by atoms with Crippen LogP contribution < -0.4 is 5.32 Å². The van der Waals surface area contributed by atoms with E-state index in [9.17, 15) is 13.2 Å². The Morgan fingerprint density at radius 1 is 1.26 bits per heavy atom. The third-order valence-electron chi connectivity index (χ3n) is 3.15. The van der Waals surface area contributed by atoms with Crippen LogP contribution in [0.2, 0.25) is 5.02 Å². The number of rotatable bonds is 3. The van der Waals surface area contributed by atoms with Crippen LogP contribution in [0.4, 0.5) is 0 Å². The van der Waals surface area contributed by atoms with Crippen molar-refractivity contribution in [3.63, 3.8) is 0 Å². The van der Waals surface area contributed by atoms with Gasteiger partial charge in [0, 0.05) is 16.7 Å². The molecular formula is C12H13Cl2NO3S. The molecule has 1 aliphatic carbocycles. The van der Waals surface area contributed by atoms with Crippen molar-refractivity contribution < 1.29 is 13.2 Å². The number of benzene rings is 1. The van der Waals surface area contributed by atoms with E-state index in [4.69, 9.17) is 22.3 Å². The average Bonchev–Trinajstić information content (AvgIpc) is 2.80. The van der Waals surface area contributed by atoms with Crippen LogP contribution in [0.25, 0.3) is 0 Å². The Bertz CT molecular complexity index is 595. The molecule has 1 aliphatic rings. The summed E-state index contributed by atoms with van der Waals surface area (Å²) >= 11 is 5.93. The lowest BCUT2D eigenvalue weighted by Gasteiger charge is -2.13. The molecule has 1 saturated carbocycles. The SMILES string of the molecule is O=C(NC1CCCC1)c1cc(S(=O)(=O)Cl)ccc1Cl. The van der Waals surface area contributed by atoms with Crippen LogP contribution in [-0.4, -0.2) is 20.4 Å². The normalized spacial score (nSPS) is 16.5. The molecule has 19 heavy (non-hydrogen) atoms. The van der Waals surface area contributed by atoms with E-state index in [1.54, 1.807) is 0 Å². The molecule has 0 unspecified atom stereocenters. The largest absolute Gasteiger partial charge is 0.349 e. The minimum absolute atomic E-state index is 0.130. The second-order valence-electron chi connectivity index (χ2n) is 4.53. The van der Waals surface area contributed by atoms with E-state index in [1.165, 1.54) is 18.2 Å². The van der Waals surface area contributed by atoms with Gasteiger partial charge in [0.05, 0.1) is 15.5 Å². The van der Waals surface area contributed by atoms with Crippen molar-refractivity contribution in [2.24, 2.45) is 0 Å².